The highest BCUT2D eigenvalue weighted by atomic mass is 14.7. The Morgan fingerprint density at radius 2 is 1.93 bits per heavy atom. The molecule has 14 heavy (non-hydrogen) atoms. The highest BCUT2D eigenvalue weighted by Gasteiger charge is 2.42. The first-order valence-electron chi connectivity index (χ1n) is 6.05. The minimum Gasteiger partial charge on any atom is -0.328 e. The van der Waals surface area contributed by atoms with Crippen LogP contribution in [0.15, 0.2) is 0 Å². The van der Waals surface area contributed by atoms with Crippen molar-refractivity contribution in [3.05, 3.63) is 0 Å². The van der Waals surface area contributed by atoms with E-state index >= 15 is 0 Å². The van der Waals surface area contributed by atoms with Crippen molar-refractivity contribution in [1.29, 1.82) is 0 Å². The molecule has 1 fully saturated rings. The third-order valence-corrected chi connectivity index (χ3v) is 4.50. The van der Waals surface area contributed by atoms with Gasteiger partial charge in [-0.15, -0.1) is 0 Å². The second-order valence-electron chi connectivity index (χ2n) is 6.42. The first-order valence-corrected chi connectivity index (χ1v) is 6.05. The molecule has 2 N–H and O–H groups in total. The second-order valence-corrected chi connectivity index (χ2v) is 6.42. The van der Waals surface area contributed by atoms with Gasteiger partial charge < -0.3 is 5.73 Å². The van der Waals surface area contributed by atoms with Crippen LogP contribution in [0.1, 0.15) is 60.3 Å². The maximum Gasteiger partial charge on any atom is 0.00420 e. The maximum atomic E-state index is 6.10. The van der Waals surface area contributed by atoms with Crippen LogP contribution in [0, 0.1) is 16.7 Å². The molecule has 1 aliphatic rings. The predicted molar refractivity (Wildman–Crippen MR) is 63.2 cm³/mol. The molecule has 0 aliphatic heterocycles. The Bertz CT molecular complexity index is 185. The van der Waals surface area contributed by atoms with Gasteiger partial charge in [0.25, 0.3) is 0 Å². The van der Waals surface area contributed by atoms with Crippen LogP contribution in [-0.4, -0.2) is 6.04 Å². The topological polar surface area (TPSA) is 26.0 Å². The summed E-state index contributed by atoms with van der Waals surface area (Å²) < 4.78 is 0. The summed E-state index contributed by atoms with van der Waals surface area (Å²) in [7, 11) is 0. The van der Waals surface area contributed by atoms with Crippen LogP contribution in [0.3, 0.4) is 0 Å². The zero-order chi connectivity index (χ0) is 11.0. The Hall–Kier alpha value is -0.0400. The summed E-state index contributed by atoms with van der Waals surface area (Å²) in [4.78, 5) is 0. The normalized spacial score (nSPS) is 33.0. The van der Waals surface area contributed by atoms with E-state index in [9.17, 15) is 0 Å². The highest BCUT2D eigenvalue weighted by Crippen LogP contribution is 2.50. The standard InChI is InChI=1S/C13H27N/c1-6-12(2,3)11-9-10(14)7-8-13(11,4)5/h10-11H,6-9,14H2,1-5H3. The van der Waals surface area contributed by atoms with Crippen LogP contribution >= 0.6 is 0 Å². The predicted octanol–water partition coefficient (Wildman–Crippen LogP) is 3.58. The average Bonchev–Trinajstić information content (AvgIpc) is 2.09. The molecule has 0 amide bonds. The van der Waals surface area contributed by atoms with Crippen molar-refractivity contribution in [1.82, 2.24) is 0 Å². The lowest BCUT2D eigenvalue weighted by molar-refractivity contribution is 0.0194. The molecular formula is C13H27N. The summed E-state index contributed by atoms with van der Waals surface area (Å²) in [5.74, 6) is 0.781. The van der Waals surface area contributed by atoms with Crippen LogP contribution in [0.4, 0.5) is 0 Å². The minimum absolute atomic E-state index is 0.443. The number of nitrogens with two attached hydrogens (primary N) is 1. The highest BCUT2D eigenvalue weighted by molar-refractivity contribution is 4.94. The molecule has 0 spiro atoms. The Labute approximate surface area is 89.5 Å². The monoisotopic (exact) mass is 197 g/mol. The molecule has 0 aromatic carbocycles. The molecule has 0 aromatic heterocycles. The summed E-state index contributed by atoms with van der Waals surface area (Å²) in [5, 5.41) is 0. The molecular weight excluding hydrogens is 170 g/mol. The molecule has 0 bridgehead atoms. The summed E-state index contributed by atoms with van der Waals surface area (Å²) in [6.45, 7) is 11.9. The van der Waals surface area contributed by atoms with E-state index in [1.165, 1.54) is 25.7 Å². The van der Waals surface area contributed by atoms with Gasteiger partial charge in [0.1, 0.15) is 0 Å². The van der Waals surface area contributed by atoms with Gasteiger partial charge in [0, 0.05) is 6.04 Å². The summed E-state index contributed by atoms with van der Waals surface area (Å²) in [5.41, 5.74) is 7.03. The maximum absolute atomic E-state index is 6.10. The van der Waals surface area contributed by atoms with E-state index < -0.39 is 0 Å². The lowest BCUT2D eigenvalue weighted by atomic mass is 9.57. The Morgan fingerprint density at radius 3 is 2.43 bits per heavy atom. The zero-order valence-electron chi connectivity index (χ0n) is 10.6. The van der Waals surface area contributed by atoms with Crippen LogP contribution in [0.5, 0.6) is 0 Å². The Balaban J connectivity index is 2.82. The minimum atomic E-state index is 0.443. The van der Waals surface area contributed by atoms with Crippen LogP contribution in [0.2, 0.25) is 0 Å². The fourth-order valence-electron chi connectivity index (χ4n) is 3.09. The lowest BCUT2D eigenvalue weighted by Crippen LogP contribution is -2.44. The molecule has 1 nitrogen and oxygen atoms in total. The van der Waals surface area contributed by atoms with Gasteiger partial charge in [-0.2, -0.15) is 0 Å². The fraction of sp³-hybridized carbons (Fsp3) is 1.00. The van der Waals surface area contributed by atoms with Gasteiger partial charge in [-0.25, -0.2) is 0 Å². The number of hydrogen-bond donors (Lipinski definition) is 1. The van der Waals surface area contributed by atoms with Crippen molar-refractivity contribution in [3.63, 3.8) is 0 Å². The van der Waals surface area contributed by atoms with E-state index in [4.69, 9.17) is 5.73 Å². The molecule has 1 aliphatic carbocycles. The van der Waals surface area contributed by atoms with Crippen molar-refractivity contribution < 1.29 is 0 Å². The molecule has 0 saturated heterocycles. The molecule has 2 unspecified atom stereocenters. The van der Waals surface area contributed by atoms with Gasteiger partial charge in [-0.05, 0) is 36.0 Å². The molecule has 0 heterocycles. The average molecular weight is 197 g/mol. The van der Waals surface area contributed by atoms with E-state index in [0.717, 1.165) is 5.92 Å². The Kier molecular flexibility index (Phi) is 3.30. The van der Waals surface area contributed by atoms with E-state index in [1.807, 2.05) is 0 Å². The van der Waals surface area contributed by atoms with Crippen LogP contribution < -0.4 is 5.73 Å². The van der Waals surface area contributed by atoms with Crippen LogP contribution in [0.25, 0.3) is 0 Å². The van der Waals surface area contributed by atoms with E-state index in [-0.39, 0.29) is 0 Å². The molecule has 1 heteroatoms. The summed E-state index contributed by atoms with van der Waals surface area (Å²) >= 11 is 0. The molecule has 1 saturated carbocycles. The third-order valence-electron chi connectivity index (χ3n) is 4.50. The lowest BCUT2D eigenvalue weighted by Gasteiger charge is -2.49. The van der Waals surface area contributed by atoms with Crippen molar-refractivity contribution in [2.24, 2.45) is 22.5 Å². The second kappa shape index (κ2) is 3.84. The molecule has 0 aromatic rings. The third kappa shape index (κ3) is 2.31. The largest absolute Gasteiger partial charge is 0.328 e. The van der Waals surface area contributed by atoms with Crippen LogP contribution in [-0.2, 0) is 0 Å². The van der Waals surface area contributed by atoms with Gasteiger partial charge in [-0.1, -0.05) is 41.0 Å². The molecule has 1 rings (SSSR count). The van der Waals surface area contributed by atoms with Gasteiger partial charge in [0.05, 0.1) is 0 Å². The quantitative estimate of drug-likeness (QED) is 0.719. The number of hydrogen-bond acceptors (Lipinski definition) is 1. The van der Waals surface area contributed by atoms with Crippen molar-refractivity contribution in [2.75, 3.05) is 0 Å². The molecule has 84 valence electrons. The summed E-state index contributed by atoms with van der Waals surface area (Å²) in [6.07, 6.45) is 4.98. The number of rotatable bonds is 2. The fourth-order valence-corrected chi connectivity index (χ4v) is 3.09. The zero-order valence-corrected chi connectivity index (χ0v) is 10.6. The first kappa shape index (κ1) is 12.0. The van der Waals surface area contributed by atoms with E-state index in [2.05, 4.69) is 34.6 Å². The summed E-state index contributed by atoms with van der Waals surface area (Å²) in [6, 6.07) is 0.443. The SMILES string of the molecule is CCC(C)(C)C1CC(N)CCC1(C)C. The van der Waals surface area contributed by atoms with Crippen molar-refractivity contribution in [3.8, 4) is 0 Å². The van der Waals surface area contributed by atoms with Gasteiger partial charge >= 0.3 is 0 Å². The smallest absolute Gasteiger partial charge is 0.00420 e. The van der Waals surface area contributed by atoms with Crippen molar-refractivity contribution in [2.45, 2.75) is 66.3 Å². The van der Waals surface area contributed by atoms with Gasteiger partial charge in [-0.3, -0.25) is 0 Å². The Morgan fingerprint density at radius 1 is 1.36 bits per heavy atom. The van der Waals surface area contributed by atoms with Gasteiger partial charge in [0.2, 0.25) is 0 Å². The van der Waals surface area contributed by atoms with E-state index in [0.29, 0.717) is 16.9 Å². The van der Waals surface area contributed by atoms with Crippen molar-refractivity contribution >= 4 is 0 Å². The molecule has 2 atom stereocenters. The van der Waals surface area contributed by atoms with E-state index in [1.54, 1.807) is 0 Å². The molecule has 0 radical (unpaired) electrons. The first-order chi connectivity index (χ1) is 6.29. The van der Waals surface area contributed by atoms with Gasteiger partial charge in [0.15, 0.2) is 0 Å².